The summed E-state index contributed by atoms with van der Waals surface area (Å²) < 4.78 is 78.4. The van der Waals surface area contributed by atoms with Crippen molar-refractivity contribution in [1.82, 2.24) is 15.5 Å². The van der Waals surface area contributed by atoms with Crippen LogP contribution in [0.1, 0.15) is 54.5 Å². The van der Waals surface area contributed by atoms with E-state index in [1.54, 1.807) is 0 Å². The van der Waals surface area contributed by atoms with Crippen LogP contribution in [0, 0.1) is 5.92 Å². The summed E-state index contributed by atoms with van der Waals surface area (Å²) >= 11 is 0. The molecule has 44 heavy (non-hydrogen) atoms. The predicted octanol–water partition coefficient (Wildman–Crippen LogP) is 2.82. The van der Waals surface area contributed by atoms with Crippen LogP contribution in [-0.2, 0) is 32.3 Å². The SMILES string of the molecule is CC(CC(=O)N(CCN)CCN)C(=O)NC(C(=O)NC1(c2ccc(C(F)(F)F)cc2)CC1)C(O)c1ccc(C(F)(F)F)cc1. The molecule has 3 unspecified atom stereocenters. The largest absolute Gasteiger partial charge is 0.416 e. The van der Waals surface area contributed by atoms with Gasteiger partial charge >= 0.3 is 12.4 Å². The molecule has 1 fully saturated rings. The lowest BCUT2D eigenvalue weighted by Crippen LogP contribution is -2.53. The van der Waals surface area contributed by atoms with Crippen molar-refractivity contribution >= 4 is 17.7 Å². The van der Waals surface area contributed by atoms with E-state index in [2.05, 4.69) is 10.6 Å². The first-order chi connectivity index (χ1) is 20.5. The molecule has 1 saturated carbocycles. The van der Waals surface area contributed by atoms with E-state index in [1.165, 1.54) is 24.0 Å². The van der Waals surface area contributed by atoms with E-state index < -0.39 is 64.8 Å². The summed E-state index contributed by atoms with van der Waals surface area (Å²) in [5.74, 6) is -3.15. The molecule has 0 heterocycles. The number of aliphatic hydroxyl groups is 1. The number of carbonyl (C=O) groups is 3. The molecule has 1 aliphatic carbocycles. The van der Waals surface area contributed by atoms with Crippen molar-refractivity contribution in [2.24, 2.45) is 17.4 Å². The monoisotopic (exact) mass is 631 g/mol. The molecule has 0 aromatic heterocycles. The zero-order valence-corrected chi connectivity index (χ0v) is 23.8. The van der Waals surface area contributed by atoms with E-state index in [9.17, 15) is 45.8 Å². The van der Waals surface area contributed by atoms with Gasteiger partial charge in [0.25, 0.3) is 0 Å². The second-order valence-corrected chi connectivity index (χ2v) is 10.8. The van der Waals surface area contributed by atoms with Crippen molar-refractivity contribution in [2.45, 2.75) is 56.2 Å². The number of carbonyl (C=O) groups excluding carboxylic acids is 3. The van der Waals surface area contributed by atoms with Crippen molar-refractivity contribution in [3.63, 3.8) is 0 Å². The van der Waals surface area contributed by atoms with E-state index >= 15 is 0 Å². The van der Waals surface area contributed by atoms with Gasteiger partial charge in [0, 0.05) is 38.5 Å². The molecule has 1 aliphatic rings. The number of hydrogen-bond donors (Lipinski definition) is 5. The molecule has 0 spiro atoms. The molecule has 9 nitrogen and oxygen atoms in total. The number of aliphatic hydroxyl groups excluding tert-OH is 1. The van der Waals surface area contributed by atoms with E-state index in [1.807, 2.05) is 0 Å². The molecule has 3 atom stereocenters. The van der Waals surface area contributed by atoms with E-state index in [0.29, 0.717) is 30.5 Å². The lowest BCUT2D eigenvalue weighted by molar-refractivity contribution is -0.138. The third kappa shape index (κ3) is 8.70. The lowest BCUT2D eigenvalue weighted by atomic mass is 9.97. The topological polar surface area (TPSA) is 151 Å². The maximum Gasteiger partial charge on any atom is 0.416 e. The zero-order valence-electron chi connectivity index (χ0n) is 23.8. The van der Waals surface area contributed by atoms with Crippen LogP contribution in [0.15, 0.2) is 48.5 Å². The number of halogens is 6. The first-order valence-electron chi connectivity index (χ1n) is 13.9. The van der Waals surface area contributed by atoms with Crippen LogP contribution < -0.4 is 22.1 Å². The average Bonchev–Trinajstić information content (AvgIpc) is 3.74. The van der Waals surface area contributed by atoms with Crippen LogP contribution in [0.2, 0.25) is 0 Å². The minimum Gasteiger partial charge on any atom is -0.386 e. The maximum absolute atomic E-state index is 13.5. The van der Waals surface area contributed by atoms with E-state index in [4.69, 9.17) is 11.5 Å². The molecule has 2 aromatic rings. The molecule has 0 saturated heterocycles. The summed E-state index contributed by atoms with van der Waals surface area (Å²) in [6.45, 7) is 2.14. The number of nitrogens with two attached hydrogens (primary N) is 2. The highest BCUT2D eigenvalue weighted by molar-refractivity contribution is 5.91. The molecular formula is C29H35F6N5O4. The maximum atomic E-state index is 13.5. The van der Waals surface area contributed by atoms with Gasteiger partial charge in [0.05, 0.1) is 16.7 Å². The van der Waals surface area contributed by atoms with Gasteiger partial charge in [-0.1, -0.05) is 31.2 Å². The van der Waals surface area contributed by atoms with Crippen LogP contribution >= 0.6 is 0 Å². The van der Waals surface area contributed by atoms with Crippen LogP contribution in [0.4, 0.5) is 26.3 Å². The molecule has 0 bridgehead atoms. The number of rotatable bonds is 13. The Labute approximate surface area is 249 Å². The normalized spacial score (nSPS) is 16.4. The molecule has 15 heteroatoms. The van der Waals surface area contributed by atoms with Gasteiger partial charge in [-0.05, 0) is 48.2 Å². The Morgan fingerprint density at radius 1 is 0.864 bits per heavy atom. The third-order valence-electron chi connectivity index (χ3n) is 7.43. The standard InChI is InChI=1S/C29H35F6N5O4/c1-17(16-22(41)40(14-12-36)15-13-37)25(43)38-23(24(42)18-2-4-20(5-3-18)28(30,31)32)26(44)39-27(10-11-27)19-6-8-21(9-7-19)29(33,34)35/h2-9,17,23-24,42H,10-16,36-37H2,1H3,(H,38,43)(H,39,44). The Bertz CT molecular complexity index is 1290. The third-order valence-corrected chi connectivity index (χ3v) is 7.43. The molecule has 2 aromatic carbocycles. The number of nitrogens with zero attached hydrogens (tertiary/aromatic N) is 1. The number of nitrogens with one attached hydrogen (secondary N) is 2. The Hall–Kier alpha value is -3.69. The Morgan fingerprint density at radius 2 is 1.34 bits per heavy atom. The molecule has 242 valence electrons. The van der Waals surface area contributed by atoms with Crippen molar-refractivity contribution in [2.75, 3.05) is 26.2 Å². The second-order valence-electron chi connectivity index (χ2n) is 10.8. The molecule has 3 amide bonds. The van der Waals surface area contributed by atoms with Gasteiger partial charge in [0.15, 0.2) is 0 Å². The van der Waals surface area contributed by atoms with Gasteiger partial charge in [0.2, 0.25) is 17.7 Å². The van der Waals surface area contributed by atoms with Crippen LogP contribution in [-0.4, -0.2) is 59.9 Å². The quantitative estimate of drug-likeness (QED) is 0.215. The summed E-state index contributed by atoms with van der Waals surface area (Å²) in [4.78, 5) is 40.8. The van der Waals surface area contributed by atoms with E-state index in [0.717, 1.165) is 24.3 Å². The Morgan fingerprint density at radius 3 is 1.77 bits per heavy atom. The predicted molar refractivity (Wildman–Crippen MR) is 147 cm³/mol. The summed E-state index contributed by atoms with van der Waals surface area (Å²) in [6, 6.07) is 5.81. The molecular weight excluding hydrogens is 596 g/mol. The Kier molecular flexibility index (Phi) is 11.0. The van der Waals surface area contributed by atoms with Crippen LogP contribution in [0.5, 0.6) is 0 Å². The molecule has 0 radical (unpaired) electrons. The van der Waals surface area contributed by atoms with Gasteiger partial charge in [-0.3, -0.25) is 14.4 Å². The van der Waals surface area contributed by atoms with Gasteiger partial charge in [-0.2, -0.15) is 26.3 Å². The van der Waals surface area contributed by atoms with E-state index in [-0.39, 0.29) is 38.2 Å². The summed E-state index contributed by atoms with van der Waals surface area (Å²) in [7, 11) is 0. The summed E-state index contributed by atoms with van der Waals surface area (Å²) in [5.41, 5.74) is 8.37. The van der Waals surface area contributed by atoms with Crippen LogP contribution in [0.3, 0.4) is 0 Å². The smallest absolute Gasteiger partial charge is 0.386 e. The minimum atomic E-state index is -4.65. The highest BCUT2D eigenvalue weighted by Crippen LogP contribution is 2.46. The average molecular weight is 632 g/mol. The van der Waals surface area contributed by atoms with Crippen molar-refractivity contribution in [1.29, 1.82) is 0 Å². The minimum absolute atomic E-state index is 0.112. The van der Waals surface area contributed by atoms with Crippen molar-refractivity contribution in [3.05, 3.63) is 70.8 Å². The van der Waals surface area contributed by atoms with Crippen molar-refractivity contribution < 1.29 is 45.8 Å². The van der Waals surface area contributed by atoms with Crippen molar-refractivity contribution in [3.8, 4) is 0 Å². The molecule has 7 N–H and O–H groups in total. The molecule has 0 aliphatic heterocycles. The number of amides is 3. The van der Waals surface area contributed by atoms with Gasteiger partial charge < -0.3 is 32.1 Å². The summed E-state index contributed by atoms with van der Waals surface area (Å²) in [5, 5.41) is 16.2. The highest BCUT2D eigenvalue weighted by Gasteiger charge is 2.48. The number of benzene rings is 2. The fourth-order valence-corrected chi connectivity index (χ4v) is 4.70. The lowest BCUT2D eigenvalue weighted by Gasteiger charge is -2.28. The van der Waals surface area contributed by atoms with Gasteiger partial charge in [-0.25, -0.2) is 0 Å². The fraction of sp³-hybridized carbons (Fsp3) is 0.483. The molecule has 3 rings (SSSR count). The Balaban J connectivity index is 1.84. The van der Waals surface area contributed by atoms with Crippen LogP contribution in [0.25, 0.3) is 0 Å². The zero-order chi connectivity index (χ0) is 32.9. The fourth-order valence-electron chi connectivity index (χ4n) is 4.70. The highest BCUT2D eigenvalue weighted by atomic mass is 19.4. The first-order valence-corrected chi connectivity index (χ1v) is 13.9. The second kappa shape index (κ2) is 13.9. The first kappa shape index (κ1) is 34.8. The number of hydrogen-bond acceptors (Lipinski definition) is 6. The van der Waals surface area contributed by atoms with Gasteiger partial charge in [0.1, 0.15) is 12.1 Å². The number of alkyl halides is 6. The van der Waals surface area contributed by atoms with Gasteiger partial charge in [-0.15, -0.1) is 0 Å². The summed E-state index contributed by atoms with van der Waals surface area (Å²) in [6.07, 6.45) is -10.6.